The van der Waals surface area contributed by atoms with Crippen LogP contribution in [0.5, 0.6) is 0 Å². The summed E-state index contributed by atoms with van der Waals surface area (Å²) in [7, 11) is 0. The van der Waals surface area contributed by atoms with Crippen molar-refractivity contribution in [3.63, 3.8) is 0 Å². The van der Waals surface area contributed by atoms with Gasteiger partial charge in [-0.15, -0.1) is 0 Å². The number of nitrogens with zero attached hydrogens (tertiary/aromatic N) is 1. The summed E-state index contributed by atoms with van der Waals surface area (Å²) in [6, 6.07) is 13.5. The largest absolute Gasteiger partial charge is 0.416 e. The highest BCUT2D eigenvalue weighted by atomic mass is 19.4. The molecule has 6 heteroatoms. The van der Waals surface area contributed by atoms with Crippen LogP contribution in [0, 0.1) is 0 Å². The van der Waals surface area contributed by atoms with Crippen molar-refractivity contribution in [3.05, 3.63) is 60.2 Å². The highest BCUT2D eigenvalue weighted by molar-refractivity contribution is 5.76. The number of nitrogen functional groups attached to an aromatic ring is 1. The van der Waals surface area contributed by atoms with Crippen LogP contribution in [-0.4, -0.2) is 5.16 Å². The Morgan fingerprint density at radius 3 is 2.45 bits per heavy atom. The second-order valence-corrected chi connectivity index (χ2v) is 4.74. The Balaban J connectivity index is 2.00. The number of aromatic nitrogens is 1. The fourth-order valence-corrected chi connectivity index (χ4v) is 2.12. The maximum Gasteiger partial charge on any atom is 0.416 e. The molecule has 1 aromatic heterocycles. The van der Waals surface area contributed by atoms with Gasteiger partial charge in [-0.1, -0.05) is 35.5 Å². The summed E-state index contributed by atoms with van der Waals surface area (Å²) in [5.41, 5.74) is 7.09. The van der Waals surface area contributed by atoms with E-state index in [4.69, 9.17) is 10.3 Å². The Kier molecular flexibility index (Phi) is 3.36. The van der Waals surface area contributed by atoms with Gasteiger partial charge in [0.25, 0.3) is 0 Å². The second kappa shape index (κ2) is 5.22. The number of halogens is 3. The molecule has 0 amide bonds. The van der Waals surface area contributed by atoms with Crippen molar-refractivity contribution in [2.75, 3.05) is 5.73 Å². The fraction of sp³-hybridized carbons (Fsp3) is 0.0625. The van der Waals surface area contributed by atoms with Gasteiger partial charge in [0.2, 0.25) is 0 Å². The van der Waals surface area contributed by atoms with Gasteiger partial charge in [0.15, 0.2) is 5.76 Å². The lowest BCUT2D eigenvalue weighted by atomic mass is 10.1. The van der Waals surface area contributed by atoms with Crippen LogP contribution in [0.3, 0.4) is 0 Å². The lowest BCUT2D eigenvalue weighted by Gasteiger charge is -2.06. The monoisotopic (exact) mass is 304 g/mol. The summed E-state index contributed by atoms with van der Waals surface area (Å²) in [5.74, 6) is 0.254. The Labute approximate surface area is 124 Å². The van der Waals surface area contributed by atoms with Crippen LogP contribution in [-0.2, 0) is 6.18 Å². The molecule has 3 rings (SSSR count). The maximum absolute atomic E-state index is 12.7. The van der Waals surface area contributed by atoms with Gasteiger partial charge in [-0.05, 0) is 18.2 Å². The third-order valence-corrected chi connectivity index (χ3v) is 3.22. The van der Waals surface area contributed by atoms with Gasteiger partial charge in [0.05, 0.1) is 5.56 Å². The molecule has 0 radical (unpaired) electrons. The lowest BCUT2D eigenvalue weighted by molar-refractivity contribution is -0.137. The highest BCUT2D eigenvalue weighted by Crippen LogP contribution is 2.34. The van der Waals surface area contributed by atoms with Gasteiger partial charge >= 0.3 is 6.18 Å². The van der Waals surface area contributed by atoms with Crippen molar-refractivity contribution in [2.24, 2.45) is 0 Å². The number of benzene rings is 2. The minimum absolute atomic E-state index is 0.254. The van der Waals surface area contributed by atoms with E-state index < -0.39 is 11.7 Å². The van der Waals surface area contributed by atoms with Crippen LogP contribution in [0.15, 0.2) is 59.1 Å². The number of hydrogen-bond donors (Lipinski definition) is 1. The topological polar surface area (TPSA) is 52.0 Å². The van der Waals surface area contributed by atoms with Crippen molar-refractivity contribution >= 4 is 5.69 Å². The summed E-state index contributed by atoms with van der Waals surface area (Å²) in [6.07, 6.45) is -4.40. The third-order valence-electron chi connectivity index (χ3n) is 3.22. The first-order valence-corrected chi connectivity index (χ1v) is 6.44. The average Bonchev–Trinajstić information content (AvgIpc) is 2.97. The Morgan fingerprint density at radius 1 is 0.955 bits per heavy atom. The van der Waals surface area contributed by atoms with E-state index in [1.807, 2.05) is 0 Å². The van der Waals surface area contributed by atoms with Gasteiger partial charge in [-0.3, -0.25) is 0 Å². The molecule has 0 aliphatic carbocycles. The average molecular weight is 304 g/mol. The Bertz CT molecular complexity index is 809. The van der Waals surface area contributed by atoms with Crippen molar-refractivity contribution in [1.29, 1.82) is 0 Å². The van der Waals surface area contributed by atoms with E-state index in [-0.39, 0.29) is 5.76 Å². The molecular weight excluding hydrogens is 293 g/mol. The molecule has 0 saturated heterocycles. The molecule has 0 atom stereocenters. The standard InChI is InChI=1S/C16H11F3N2O/c17-16(18,19)11-5-3-4-10(8-11)15-9-14(21-22-15)12-6-1-2-7-13(12)20/h1-9H,20H2. The summed E-state index contributed by atoms with van der Waals surface area (Å²) in [4.78, 5) is 0. The van der Waals surface area contributed by atoms with Gasteiger partial charge in [-0.25, -0.2) is 0 Å². The van der Waals surface area contributed by atoms with E-state index in [2.05, 4.69) is 5.16 Å². The van der Waals surface area contributed by atoms with Crippen LogP contribution in [0.4, 0.5) is 18.9 Å². The molecule has 3 nitrogen and oxygen atoms in total. The van der Waals surface area contributed by atoms with Crippen LogP contribution in [0.25, 0.3) is 22.6 Å². The molecule has 3 aromatic rings. The number of rotatable bonds is 2. The molecule has 0 aliphatic heterocycles. The quantitative estimate of drug-likeness (QED) is 0.703. The molecule has 2 N–H and O–H groups in total. The predicted molar refractivity (Wildman–Crippen MR) is 76.8 cm³/mol. The summed E-state index contributed by atoms with van der Waals surface area (Å²) < 4.78 is 43.4. The molecule has 0 aliphatic rings. The molecule has 0 fully saturated rings. The zero-order chi connectivity index (χ0) is 15.7. The zero-order valence-electron chi connectivity index (χ0n) is 11.3. The molecule has 0 bridgehead atoms. The molecule has 22 heavy (non-hydrogen) atoms. The van der Waals surface area contributed by atoms with Gasteiger partial charge in [0.1, 0.15) is 5.69 Å². The number of nitrogens with two attached hydrogens (primary N) is 1. The van der Waals surface area contributed by atoms with Crippen LogP contribution in [0.1, 0.15) is 5.56 Å². The molecule has 0 unspecified atom stereocenters. The molecule has 112 valence electrons. The van der Waals surface area contributed by atoms with Crippen molar-refractivity contribution in [1.82, 2.24) is 5.16 Å². The first-order valence-electron chi connectivity index (χ1n) is 6.44. The van der Waals surface area contributed by atoms with E-state index in [1.165, 1.54) is 12.1 Å². The maximum atomic E-state index is 12.7. The van der Waals surface area contributed by atoms with Crippen molar-refractivity contribution in [3.8, 4) is 22.6 Å². The predicted octanol–water partition coefficient (Wildman–Crippen LogP) is 4.61. The molecule has 1 heterocycles. The minimum atomic E-state index is -4.40. The number of para-hydroxylation sites is 1. The molecule has 0 saturated carbocycles. The molecular formula is C16H11F3N2O. The highest BCUT2D eigenvalue weighted by Gasteiger charge is 2.30. The van der Waals surface area contributed by atoms with Crippen molar-refractivity contribution < 1.29 is 17.7 Å². The SMILES string of the molecule is Nc1ccccc1-c1cc(-c2cccc(C(F)(F)F)c2)on1. The summed E-state index contributed by atoms with van der Waals surface area (Å²) >= 11 is 0. The van der Waals surface area contributed by atoms with Gasteiger partial charge in [-0.2, -0.15) is 13.2 Å². The number of hydrogen-bond acceptors (Lipinski definition) is 3. The van der Waals surface area contributed by atoms with E-state index in [0.717, 1.165) is 12.1 Å². The Hall–Kier alpha value is -2.76. The minimum Gasteiger partial charge on any atom is -0.398 e. The number of alkyl halides is 3. The van der Waals surface area contributed by atoms with E-state index in [0.29, 0.717) is 22.5 Å². The van der Waals surface area contributed by atoms with E-state index >= 15 is 0 Å². The first kappa shape index (κ1) is 14.2. The van der Waals surface area contributed by atoms with Crippen molar-refractivity contribution in [2.45, 2.75) is 6.18 Å². The lowest BCUT2D eigenvalue weighted by Crippen LogP contribution is -2.04. The summed E-state index contributed by atoms with van der Waals surface area (Å²) in [6.45, 7) is 0. The fourth-order valence-electron chi connectivity index (χ4n) is 2.12. The first-order chi connectivity index (χ1) is 10.4. The van der Waals surface area contributed by atoms with E-state index in [9.17, 15) is 13.2 Å². The summed E-state index contributed by atoms with van der Waals surface area (Å²) in [5, 5.41) is 3.88. The molecule has 0 spiro atoms. The second-order valence-electron chi connectivity index (χ2n) is 4.74. The Morgan fingerprint density at radius 2 is 1.73 bits per heavy atom. The van der Waals surface area contributed by atoms with Crippen LogP contribution in [0.2, 0.25) is 0 Å². The smallest absolute Gasteiger partial charge is 0.398 e. The van der Waals surface area contributed by atoms with Gasteiger partial charge in [0, 0.05) is 22.9 Å². The van der Waals surface area contributed by atoms with Crippen LogP contribution >= 0.6 is 0 Å². The van der Waals surface area contributed by atoms with Gasteiger partial charge < -0.3 is 10.3 Å². The third kappa shape index (κ3) is 2.67. The normalized spacial score (nSPS) is 11.6. The van der Waals surface area contributed by atoms with Crippen LogP contribution < -0.4 is 5.73 Å². The molecule has 2 aromatic carbocycles. The number of anilines is 1. The van der Waals surface area contributed by atoms with E-state index in [1.54, 1.807) is 30.3 Å². The zero-order valence-corrected chi connectivity index (χ0v) is 11.3.